The predicted octanol–water partition coefficient (Wildman–Crippen LogP) is 3.87. The van der Waals surface area contributed by atoms with Gasteiger partial charge in [-0.15, -0.1) is 10.2 Å². The van der Waals surface area contributed by atoms with E-state index in [1.54, 1.807) is 23.7 Å². The summed E-state index contributed by atoms with van der Waals surface area (Å²) >= 11 is 1.27. The lowest BCUT2D eigenvalue weighted by Crippen LogP contribution is -2.16. The SMILES string of the molecule is Cc1cccc(C)c1NC(=O)CSc1nnc(CCC(=O)Nc2ccccc2F)n1C. The summed E-state index contributed by atoms with van der Waals surface area (Å²) in [6, 6.07) is 11.9. The van der Waals surface area contributed by atoms with Crippen molar-refractivity contribution in [3.63, 3.8) is 0 Å². The first kappa shape index (κ1) is 22.5. The number of amides is 2. The first-order chi connectivity index (χ1) is 14.8. The molecule has 0 aliphatic heterocycles. The highest BCUT2D eigenvalue weighted by Crippen LogP contribution is 2.21. The molecular weight excluding hydrogens is 417 g/mol. The number of anilines is 2. The fraction of sp³-hybridized carbons (Fsp3) is 0.273. The van der Waals surface area contributed by atoms with Gasteiger partial charge in [0.15, 0.2) is 5.16 Å². The molecule has 0 fully saturated rings. The van der Waals surface area contributed by atoms with Gasteiger partial charge in [-0.2, -0.15) is 0 Å². The van der Waals surface area contributed by atoms with E-state index in [4.69, 9.17) is 0 Å². The van der Waals surface area contributed by atoms with E-state index in [2.05, 4.69) is 20.8 Å². The standard InChI is InChI=1S/C22H24FN5O2S/c1-14-7-6-8-15(2)21(14)25-20(30)13-31-22-27-26-18(28(22)3)11-12-19(29)24-17-10-5-4-9-16(17)23/h4-10H,11-13H2,1-3H3,(H,24,29)(H,25,30). The number of nitrogens with zero attached hydrogens (tertiary/aromatic N) is 3. The summed E-state index contributed by atoms with van der Waals surface area (Å²) in [7, 11) is 1.79. The van der Waals surface area contributed by atoms with Gasteiger partial charge in [0.2, 0.25) is 11.8 Å². The van der Waals surface area contributed by atoms with Crippen molar-refractivity contribution in [1.82, 2.24) is 14.8 Å². The van der Waals surface area contributed by atoms with Crippen molar-refractivity contribution < 1.29 is 14.0 Å². The summed E-state index contributed by atoms with van der Waals surface area (Å²) in [4.78, 5) is 24.5. The van der Waals surface area contributed by atoms with E-state index < -0.39 is 5.82 Å². The van der Waals surface area contributed by atoms with Crippen LogP contribution >= 0.6 is 11.8 Å². The van der Waals surface area contributed by atoms with Crippen molar-refractivity contribution in [1.29, 1.82) is 0 Å². The molecule has 3 aromatic rings. The largest absolute Gasteiger partial charge is 0.325 e. The lowest BCUT2D eigenvalue weighted by atomic mass is 10.1. The van der Waals surface area contributed by atoms with Crippen molar-refractivity contribution >= 4 is 35.0 Å². The van der Waals surface area contributed by atoms with Gasteiger partial charge < -0.3 is 15.2 Å². The molecule has 9 heteroatoms. The van der Waals surface area contributed by atoms with Gasteiger partial charge in [0.1, 0.15) is 11.6 Å². The van der Waals surface area contributed by atoms with Crippen LogP contribution in [-0.4, -0.2) is 32.3 Å². The zero-order chi connectivity index (χ0) is 22.4. The van der Waals surface area contributed by atoms with E-state index in [0.717, 1.165) is 16.8 Å². The smallest absolute Gasteiger partial charge is 0.234 e. The van der Waals surface area contributed by atoms with E-state index in [9.17, 15) is 14.0 Å². The number of hydrogen-bond donors (Lipinski definition) is 2. The molecule has 2 aromatic carbocycles. The van der Waals surface area contributed by atoms with Crippen molar-refractivity contribution in [2.45, 2.75) is 31.8 Å². The van der Waals surface area contributed by atoms with E-state index in [-0.39, 0.29) is 29.7 Å². The second-order valence-electron chi connectivity index (χ2n) is 7.09. The number of carbonyl (C=O) groups is 2. The Bertz CT molecular complexity index is 1080. The van der Waals surface area contributed by atoms with E-state index in [1.807, 2.05) is 32.0 Å². The van der Waals surface area contributed by atoms with Crippen molar-refractivity contribution in [3.8, 4) is 0 Å². The van der Waals surface area contributed by atoms with Gasteiger partial charge in [-0.25, -0.2) is 4.39 Å². The highest BCUT2D eigenvalue weighted by Gasteiger charge is 2.14. The summed E-state index contributed by atoms with van der Waals surface area (Å²) in [5.41, 5.74) is 2.99. The molecule has 1 heterocycles. The predicted molar refractivity (Wildman–Crippen MR) is 120 cm³/mol. The third-order valence-corrected chi connectivity index (χ3v) is 5.75. The number of hydrogen-bond acceptors (Lipinski definition) is 5. The van der Waals surface area contributed by atoms with Crippen LogP contribution < -0.4 is 10.6 Å². The Morgan fingerprint density at radius 2 is 1.71 bits per heavy atom. The maximum atomic E-state index is 13.6. The molecule has 3 rings (SSSR count). The Morgan fingerprint density at radius 1 is 1.00 bits per heavy atom. The molecule has 2 N–H and O–H groups in total. The Balaban J connectivity index is 1.51. The lowest BCUT2D eigenvalue weighted by Gasteiger charge is -2.11. The minimum Gasteiger partial charge on any atom is -0.325 e. The molecule has 0 bridgehead atoms. The second-order valence-corrected chi connectivity index (χ2v) is 8.03. The van der Waals surface area contributed by atoms with Crippen LogP contribution in [0.15, 0.2) is 47.6 Å². The molecule has 0 saturated heterocycles. The van der Waals surface area contributed by atoms with Gasteiger partial charge in [-0.1, -0.05) is 42.1 Å². The van der Waals surface area contributed by atoms with Gasteiger partial charge in [-0.05, 0) is 37.1 Å². The summed E-state index contributed by atoms with van der Waals surface area (Å²) < 4.78 is 15.4. The van der Waals surface area contributed by atoms with Crippen LogP contribution in [-0.2, 0) is 23.1 Å². The molecule has 0 unspecified atom stereocenters. The Kier molecular flexibility index (Phi) is 7.41. The quantitative estimate of drug-likeness (QED) is 0.518. The number of thioether (sulfide) groups is 1. The zero-order valence-corrected chi connectivity index (χ0v) is 18.4. The number of nitrogens with one attached hydrogen (secondary N) is 2. The topological polar surface area (TPSA) is 88.9 Å². The summed E-state index contributed by atoms with van der Waals surface area (Å²) in [6.07, 6.45) is 0.483. The lowest BCUT2D eigenvalue weighted by molar-refractivity contribution is -0.116. The maximum Gasteiger partial charge on any atom is 0.234 e. The molecule has 0 aliphatic rings. The minimum atomic E-state index is -0.479. The fourth-order valence-electron chi connectivity index (χ4n) is 3.01. The normalized spacial score (nSPS) is 10.7. The van der Waals surface area contributed by atoms with Crippen molar-refractivity contribution in [2.75, 3.05) is 16.4 Å². The number of rotatable bonds is 8. The third-order valence-electron chi connectivity index (χ3n) is 4.73. The fourth-order valence-corrected chi connectivity index (χ4v) is 3.74. The van der Waals surface area contributed by atoms with Gasteiger partial charge in [0.25, 0.3) is 0 Å². The molecule has 1 aromatic heterocycles. The molecule has 0 atom stereocenters. The van der Waals surface area contributed by atoms with Crippen LogP contribution in [0.3, 0.4) is 0 Å². The summed E-state index contributed by atoms with van der Waals surface area (Å²) in [5, 5.41) is 14.3. The first-order valence-electron chi connectivity index (χ1n) is 9.76. The number of aromatic nitrogens is 3. The van der Waals surface area contributed by atoms with Gasteiger partial charge in [-0.3, -0.25) is 9.59 Å². The summed E-state index contributed by atoms with van der Waals surface area (Å²) in [6.45, 7) is 3.90. The molecular formula is C22H24FN5O2S. The van der Waals surface area contributed by atoms with Crippen LogP contribution in [0.2, 0.25) is 0 Å². The zero-order valence-electron chi connectivity index (χ0n) is 17.6. The van der Waals surface area contributed by atoms with Crippen molar-refractivity contribution in [3.05, 3.63) is 65.2 Å². The number of benzene rings is 2. The average Bonchev–Trinajstić information content (AvgIpc) is 3.09. The average molecular weight is 442 g/mol. The highest BCUT2D eigenvalue weighted by molar-refractivity contribution is 7.99. The number of halogens is 1. The Hall–Kier alpha value is -3.20. The van der Waals surface area contributed by atoms with Crippen LogP contribution in [0.25, 0.3) is 0 Å². The molecule has 0 spiro atoms. The Labute approximate surface area is 184 Å². The first-order valence-corrected chi connectivity index (χ1v) is 10.7. The molecule has 2 amide bonds. The van der Waals surface area contributed by atoms with E-state index in [0.29, 0.717) is 17.4 Å². The molecule has 7 nitrogen and oxygen atoms in total. The molecule has 0 aliphatic carbocycles. The highest BCUT2D eigenvalue weighted by atomic mass is 32.2. The van der Waals surface area contributed by atoms with Crippen molar-refractivity contribution in [2.24, 2.45) is 7.05 Å². The van der Waals surface area contributed by atoms with Crippen LogP contribution in [0.4, 0.5) is 15.8 Å². The Morgan fingerprint density at radius 3 is 2.42 bits per heavy atom. The van der Waals surface area contributed by atoms with Crippen LogP contribution in [0.5, 0.6) is 0 Å². The van der Waals surface area contributed by atoms with Gasteiger partial charge in [0, 0.05) is 25.6 Å². The molecule has 0 saturated carbocycles. The maximum absolute atomic E-state index is 13.6. The second kappa shape index (κ2) is 10.2. The molecule has 31 heavy (non-hydrogen) atoms. The van der Waals surface area contributed by atoms with Gasteiger partial charge >= 0.3 is 0 Å². The van der Waals surface area contributed by atoms with Gasteiger partial charge in [0.05, 0.1) is 11.4 Å². The number of carbonyl (C=O) groups excluding carboxylic acids is 2. The number of para-hydroxylation sites is 2. The van der Waals surface area contributed by atoms with Crippen LogP contribution in [0, 0.1) is 19.7 Å². The molecule has 162 valence electrons. The van der Waals surface area contributed by atoms with E-state index >= 15 is 0 Å². The van der Waals surface area contributed by atoms with Crippen LogP contribution in [0.1, 0.15) is 23.4 Å². The molecule has 0 radical (unpaired) electrons. The number of aryl methyl sites for hydroxylation is 3. The summed E-state index contributed by atoms with van der Waals surface area (Å²) in [5.74, 6) is -0.117. The minimum absolute atomic E-state index is 0.129. The monoisotopic (exact) mass is 441 g/mol. The van der Waals surface area contributed by atoms with E-state index in [1.165, 1.54) is 23.9 Å². The third kappa shape index (κ3) is 5.91.